The van der Waals surface area contributed by atoms with Gasteiger partial charge in [0.2, 0.25) is 5.91 Å². The minimum absolute atomic E-state index is 0.00347. The van der Waals surface area contributed by atoms with Crippen LogP contribution in [0.25, 0.3) is 0 Å². The molecule has 0 saturated heterocycles. The lowest BCUT2D eigenvalue weighted by molar-refractivity contribution is -0.140. The first kappa shape index (κ1) is 13.2. The third kappa shape index (κ3) is 2.09. The number of carboxylic acids is 1. The lowest BCUT2D eigenvalue weighted by atomic mass is 9.86. The molecule has 20 heavy (non-hydrogen) atoms. The second-order valence-electron chi connectivity index (χ2n) is 6.52. The Bertz CT molecular complexity index is 579. The molecule has 1 aromatic rings. The minimum Gasteiger partial charge on any atom is -0.481 e. The van der Waals surface area contributed by atoms with Gasteiger partial charge < -0.3 is 10.4 Å². The van der Waals surface area contributed by atoms with Crippen molar-refractivity contribution in [2.24, 2.45) is 11.8 Å². The number of aliphatic carboxylic acids is 1. The highest BCUT2D eigenvalue weighted by atomic mass is 16.4. The van der Waals surface area contributed by atoms with E-state index in [0.29, 0.717) is 6.42 Å². The number of carbonyl (C=O) groups is 2. The van der Waals surface area contributed by atoms with E-state index >= 15 is 0 Å². The number of hydrogen-bond acceptors (Lipinski definition) is 2. The average Bonchev–Trinajstić information content (AvgIpc) is 3.14. The van der Waals surface area contributed by atoms with E-state index in [1.807, 2.05) is 12.1 Å². The molecule has 106 valence electrons. The molecular weight excluding hydrogens is 254 g/mol. The van der Waals surface area contributed by atoms with Gasteiger partial charge in [-0.3, -0.25) is 9.59 Å². The summed E-state index contributed by atoms with van der Waals surface area (Å²) in [4.78, 5) is 23.0. The third-order valence-electron chi connectivity index (χ3n) is 4.54. The topological polar surface area (TPSA) is 66.4 Å². The van der Waals surface area contributed by atoms with Gasteiger partial charge in [0.15, 0.2) is 0 Å². The van der Waals surface area contributed by atoms with Crippen LogP contribution in [-0.2, 0) is 15.0 Å². The molecule has 0 radical (unpaired) electrons. The van der Waals surface area contributed by atoms with Crippen molar-refractivity contribution >= 4 is 11.9 Å². The highest BCUT2D eigenvalue weighted by Gasteiger charge is 2.49. The molecule has 3 rings (SSSR count). The Morgan fingerprint density at radius 2 is 1.95 bits per heavy atom. The zero-order valence-corrected chi connectivity index (χ0v) is 11.7. The lowest BCUT2D eigenvalue weighted by Crippen LogP contribution is -2.30. The molecule has 1 aromatic carbocycles. The second-order valence-corrected chi connectivity index (χ2v) is 6.52. The van der Waals surface area contributed by atoms with Gasteiger partial charge in [-0.25, -0.2) is 0 Å². The Kier molecular flexibility index (Phi) is 2.85. The van der Waals surface area contributed by atoms with Crippen molar-refractivity contribution in [1.82, 2.24) is 5.32 Å². The summed E-state index contributed by atoms with van der Waals surface area (Å²) in [6.07, 6.45) is 1.33. The van der Waals surface area contributed by atoms with E-state index in [-0.39, 0.29) is 23.3 Å². The molecule has 0 spiro atoms. The summed E-state index contributed by atoms with van der Waals surface area (Å²) in [6, 6.07) is 8.17. The van der Waals surface area contributed by atoms with Crippen LogP contribution in [0.15, 0.2) is 24.3 Å². The third-order valence-corrected chi connectivity index (χ3v) is 4.54. The van der Waals surface area contributed by atoms with E-state index in [1.54, 1.807) is 0 Å². The van der Waals surface area contributed by atoms with Gasteiger partial charge in [-0.1, -0.05) is 38.1 Å². The van der Waals surface area contributed by atoms with Gasteiger partial charge in [0.25, 0.3) is 0 Å². The van der Waals surface area contributed by atoms with Crippen molar-refractivity contribution < 1.29 is 14.7 Å². The van der Waals surface area contributed by atoms with Crippen molar-refractivity contribution in [3.8, 4) is 0 Å². The van der Waals surface area contributed by atoms with Crippen LogP contribution >= 0.6 is 0 Å². The highest BCUT2D eigenvalue weighted by molar-refractivity contribution is 5.89. The van der Waals surface area contributed by atoms with E-state index in [4.69, 9.17) is 5.11 Å². The number of fused-ring (bicyclic) bond motifs is 1. The van der Waals surface area contributed by atoms with Crippen LogP contribution in [-0.4, -0.2) is 17.0 Å². The predicted octanol–water partition coefficient (Wildman–Crippen LogP) is 2.25. The van der Waals surface area contributed by atoms with E-state index < -0.39 is 11.9 Å². The summed E-state index contributed by atoms with van der Waals surface area (Å²) < 4.78 is 0. The van der Waals surface area contributed by atoms with Crippen LogP contribution in [0.1, 0.15) is 43.9 Å². The summed E-state index contributed by atoms with van der Waals surface area (Å²) in [7, 11) is 0. The largest absolute Gasteiger partial charge is 0.481 e. The Balaban J connectivity index is 1.74. The molecule has 0 aromatic heterocycles. The number of rotatable bonds is 3. The molecule has 0 heterocycles. The van der Waals surface area contributed by atoms with Crippen molar-refractivity contribution in [1.29, 1.82) is 0 Å². The maximum atomic E-state index is 12.1. The van der Waals surface area contributed by atoms with Gasteiger partial charge in [-0.2, -0.15) is 0 Å². The van der Waals surface area contributed by atoms with Crippen molar-refractivity contribution in [2.75, 3.05) is 0 Å². The van der Waals surface area contributed by atoms with Crippen LogP contribution in [0.2, 0.25) is 0 Å². The standard InChI is InChI=1S/C16H19NO3/c1-16(2)8-13(9-5-3-4-6-12(9)16)17-14(18)10-7-11(10)15(19)20/h3-6,10-11,13H,7-8H2,1-2H3,(H,17,18)(H,19,20). The Hall–Kier alpha value is -1.84. The first-order valence-electron chi connectivity index (χ1n) is 7.03. The van der Waals surface area contributed by atoms with Gasteiger partial charge in [0, 0.05) is 0 Å². The van der Waals surface area contributed by atoms with E-state index in [0.717, 1.165) is 6.42 Å². The fourth-order valence-corrected chi connectivity index (χ4v) is 3.31. The molecule has 2 aliphatic carbocycles. The van der Waals surface area contributed by atoms with E-state index in [1.165, 1.54) is 11.1 Å². The Morgan fingerprint density at radius 1 is 1.25 bits per heavy atom. The molecule has 3 atom stereocenters. The van der Waals surface area contributed by atoms with Gasteiger partial charge >= 0.3 is 5.97 Å². The summed E-state index contributed by atoms with van der Waals surface area (Å²) in [6.45, 7) is 4.35. The molecule has 0 aliphatic heterocycles. The first-order chi connectivity index (χ1) is 9.40. The number of amides is 1. The molecule has 1 saturated carbocycles. The van der Waals surface area contributed by atoms with Crippen LogP contribution < -0.4 is 5.32 Å². The van der Waals surface area contributed by atoms with Crippen molar-refractivity contribution in [2.45, 2.75) is 38.1 Å². The maximum Gasteiger partial charge on any atom is 0.307 e. The minimum atomic E-state index is -0.864. The zero-order valence-electron chi connectivity index (χ0n) is 11.7. The maximum absolute atomic E-state index is 12.1. The number of carbonyl (C=O) groups excluding carboxylic acids is 1. The number of nitrogens with one attached hydrogen (secondary N) is 1. The summed E-state index contributed by atoms with van der Waals surface area (Å²) in [5.74, 6) is -1.81. The Labute approximate surface area is 118 Å². The lowest BCUT2D eigenvalue weighted by Gasteiger charge is -2.19. The van der Waals surface area contributed by atoms with Crippen LogP contribution in [0.3, 0.4) is 0 Å². The molecule has 4 heteroatoms. The van der Waals surface area contributed by atoms with Crippen LogP contribution in [0.4, 0.5) is 0 Å². The normalized spacial score (nSPS) is 29.6. The molecular formula is C16H19NO3. The fourth-order valence-electron chi connectivity index (χ4n) is 3.31. The highest BCUT2D eigenvalue weighted by Crippen LogP contribution is 2.45. The monoisotopic (exact) mass is 273 g/mol. The molecule has 3 unspecified atom stereocenters. The fraction of sp³-hybridized carbons (Fsp3) is 0.500. The first-order valence-corrected chi connectivity index (χ1v) is 7.03. The van der Waals surface area contributed by atoms with Crippen LogP contribution in [0, 0.1) is 11.8 Å². The SMILES string of the molecule is CC1(C)CC(NC(=O)C2CC2C(=O)O)c2ccccc21. The zero-order chi connectivity index (χ0) is 14.5. The van der Waals surface area contributed by atoms with Crippen molar-refractivity contribution in [3.05, 3.63) is 35.4 Å². The van der Waals surface area contributed by atoms with Gasteiger partial charge in [0.1, 0.15) is 0 Å². The van der Waals surface area contributed by atoms with E-state index in [9.17, 15) is 9.59 Å². The number of benzene rings is 1. The van der Waals surface area contributed by atoms with Gasteiger partial charge in [-0.05, 0) is 29.4 Å². The molecule has 0 bridgehead atoms. The number of carboxylic acid groups (broad SMARTS) is 1. The smallest absolute Gasteiger partial charge is 0.307 e. The van der Waals surface area contributed by atoms with Crippen molar-refractivity contribution in [3.63, 3.8) is 0 Å². The molecule has 1 fully saturated rings. The van der Waals surface area contributed by atoms with E-state index in [2.05, 4.69) is 31.3 Å². The van der Waals surface area contributed by atoms with Crippen LogP contribution in [0.5, 0.6) is 0 Å². The number of hydrogen-bond donors (Lipinski definition) is 2. The summed E-state index contributed by atoms with van der Waals surface area (Å²) in [5, 5.41) is 11.9. The molecule has 1 amide bonds. The quantitative estimate of drug-likeness (QED) is 0.887. The summed E-state index contributed by atoms with van der Waals surface area (Å²) in [5.41, 5.74) is 2.49. The second kappa shape index (κ2) is 4.33. The average molecular weight is 273 g/mol. The Morgan fingerprint density at radius 3 is 2.60 bits per heavy atom. The summed E-state index contributed by atoms with van der Waals surface area (Å²) >= 11 is 0. The van der Waals surface area contributed by atoms with Gasteiger partial charge in [0.05, 0.1) is 17.9 Å². The molecule has 2 N–H and O–H groups in total. The van der Waals surface area contributed by atoms with Gasteiger partial charge in [-0.15, -0.1) is 0 Å². The predicted molar refractivity (Wildman–Crippen MR) is 74.2 cm³/mol. The molecule has 2 aliphatic rings. The molecule has 4 nitrogen and oxygen atoms in total.